The maximum Gasteiger partial charge on any atom is 0.330 e. The minimum atomic E-state index is -0.617. The molecule has 0 saturated heterocycles. The van der Waals surface area contributed by atoms with Gasteiger partial charge in [0, 0.05) is 37.4 Å². The molecule has 24 heavy (non-hydrogen) atoms. The SMILES string of the molecule is C[C@@H](O)Cn1cc2c(c1-c1ccccc1Cl)c(=O)n(C)c(=O)n2C. The van der Waals surface area contributed by atoms with Gasteiger partial charge < -0.3 is 9.67 Å². The summed E-state index contributed by atoms with van der Waals surface area (Å²) in [7, 11) is 3.07. The summed E-state index contributed by atoms with van der Waals surface area (Å²) in [5.74, 6) is 0. The van der Waals surface area contributed by atoms with E-state index in [1.165, 1.54) is 11.6 Å². The van der Waals surface area contributed by atoms with Crippen LogP contribution in [0.25, 0.3) is 22.2 Å². The molecule has 0 aliphatic carbocycles. The predicted octanol–water partition coefficient (Wildman–Crippen LogP) is 1.74. The van der Waals surface area contributed by atoms with E-state index in [-0.39, 0.29) is 12.1 Å². The van der Waals surface area contributed by atoms with Crippen molar-refractivity contribution in [3.8, 4) is 11.3 Å². The number of hydrogen-bond donors (Lipinski definition) is 1. The Bertz CT molecular complexity index is 1040. The van der Waals surface area contributed by atoms with Gasteiger partial charge >= 0.3 is 5.69 Å². The Hall–Kier alpha value is -2.31. The molecule has 1 N–H and O–H groups in total. The molecule has 2 heterocycles. The van der Waals surface area contributed by atoms with Crippen LogP contribution in [0.1, 0.15) is 6.92 Å². The second-order valence-corrected chi connectivity index (χ2v) is 6.33. The summed E-state index contributed by atoms with van der Waals surface area (Å²) < 4.78 is 4.28. The molecule has 0 spiro atoms. The molecule has 0 fully saturated rings. The van der Waals surface area contributed by atoms with E-state index in [0.717, 1.165) is 4.57 Å². The Morgan fingerprint density at radius 3 is 2.46 bits per heavy atom. The van der Waals surface area contributed by atoms with Gasteiger partial charge in [-0.3, -0.25) is 13.9 Å². The van der Waals surface area contributed by atoms with Gasteiger partial charge in [0.05, 0.1) is 22.7 Å². The highest BCUT2D eigenvalue weighted by molar-refractivity contribution is 6.33. The number of aromatic nitrogens is 3. The van der Waals surface area contributed by atoms with E-state index >= 15 is 0 Å². The van der Waals surface area contributed by atoms with E-state index in [1.54, 1.807) is 30.8 Å². The maximum absolute atomic E-state index is 12.7. The van der Waals surface area contributed by atoms with Gasteiger partial charge in [0.1, 0.15) is 0 Å². The van der Waals surface area contributed by atoms with Crippen LogP contribution in [0.15, 0.2) is 40.1 Å². The van der Waals surface area contributed by atoms with E-state index < -0.39 is 11.8 Å². The molecule has 0 radical (unpaired) electrons. The number of aliphatic hydroxyl groups is 1. The van der Waals surface area contributed by atoms with Gasteiger partial charge in [0.25, 0.3) is 5.56 Å². The standard InChI is InChI=1S/C17H18ClN3O3/c1-10(22)8-21-9-13-14(16(23)20(3)17(24)19(13)2)15(21)11-6-4-5-7-12(11)18/h4-7,9-10,22H,8H2,1-3H3/t10-/m1/s1. The molecule has 0 aliphatic rings. The fourth-order valence-electron chi connectivity index (χ4n) is 2.96. The van der Waals surface area contributed by atoms with Crippen LogP contribution in [0, 0.1) is 0 Å². The summed E-state index contributed by atoms with van der Waals surface area (Å²) in [4.78, 5) is 24.9. The fraction of sp³-hybridized carbons (Fsp3) is 0.294. The smallest absolute Gasteiger partial charge is 0.330 e. The van der Waals surface area contributed by atoms with Gasteiger partial charge in [-0.05, 0) is 13.0 Å². The Labute approximate surface area is 143 Å². The molecule has 1 aromatic carbocycles. The lowest BCUT2D eigenvalue weighted by molar-refractivity contribution is 0.174. The molecule has 2 aromatic heterocycles. The van der Waals surface area contributed by atoms with Crippen LogP contribution in [0.5, 0.6) is 0 Å². The molecule has 7 heteroatoms. The first-order valence-electron chi connectivity index (χ1n) is 7.54. The molecule has 0 unspecified atom stereocenters. The van der Waals surface area contributed by atoms with Crippen LogP contribution in [0.4, 0.5) is 0 Å². The molecular weight excluding hydrogens is 330 g/mol. The number of halogens is 1. The van der Waals surface area contributed by atoms with Crippen molar-refractivity contribution in [2.24, 2.45) is 14.1 Å². The number of hydrogen-bond acceptors (Lipinski definition) is 3. The molecular formula is C17H18ClN3O3. The zero-order valence-electron chi connectivity index (χ0n) is 13.7. The number of benzene rings is 1. The lowest BCUT2D eigenvalue weighted by atomic mass is 10.1. The summed E-state index contributed by atoms with van der Waals surface area (Å²) in [5, 5.41) is 10.7. The molecule has 3 aromatic rings. The van der Waals surface area contributed by atoms with Crippen LogP contribution in [0.3, 0.4) is 0 Å². The lowest BCUT2D eigenvalue weighted by Gasteiger charge is -2.12. The van der Waals surface area contributed by atoms with Gasteiger partial charge in [0.15, 0.2) is 0 Å². The third-order valence-electron chi connectivity index (χ3n) is 4.10. The quantitative estimate of drug-likeness (QED) is 0.784. The second kappa shape index (κ2) is 5.96. The van der Waals surface area contributed by atoms with Gasteiger partial charge in [-0.2, -0.15) is 0 Å². The zero-order valence-corrected chi connectivity index (χ0v) is 14.4. The first-order chi connectivity index (χ1) is 11.3. The third-order valence-corrected chi connectivity index (χ3v) is 4.43. The molecule has 0 bridgehead atoms. The predicted molar refractivity (Wildman–Crippen MR) is 94.5 cm³/mol. The minimum absolute atomic E-state index is 0.284. The summed E-state index contributed by atoms with van der Waals surface area (Å²) in [6, 6.07) is 7.21. The van der Waals surface area contributed by atoms with Crippen LogP contribution < -0.4 is 11.2 Å². The Balaban J connectivity index is 2.52. The lowest BCUT2D eigenvalue weighted by Crippen LogP contribution is -2.36. The highest BCUT2D eigenvalue weighted by Gasteiger charge is 2.21. The normalized spacial score (nSPS) is 12.7. The average Bonchev–Trinajstić information content (AvgIpc) is 2.90. The number of fused-ring (bicyclic) bond motifs is 1. The number of aliphatic hydroxyl groups excluding tert-OH is 1. The van der Waals surface area contributed by atoms with Crippen molar-refractivity contribution >= 4 is 22.5 Å². The van der Waals surface area contributed by atoms with Gasteiger partial charge in [-0.25, -0.2) is 4.79 Å². The van der Waals surface area contributed by atoms with Crippen molar-refractivity contribution < 1.29 is 5.11 Å². The van der Waals surface area contributed by atoms with Crippen molar-refractivity contribution in [3.05, 3.63) is 56.3 Å². The van der Waals surface area contributed by atoms with E-state index in [0.29, 0.717) is 27.2 Å². The van der Waals surface area contributed by atoms with Crippen molar-refractivity contribution in [3.63, 3.8) is 0 Å². The molecule has 126 valence electrons. The molecule has 0 aliphatic heterocycles. The zero-order chi connectivity index (χ0) is 17.6. The minimum Gasteiger partial charge on any atom is -0.392 e. The number of rotatable bonds is 3. The van der Waals surface area contributed by atoms with E-state index in [2.05, 4.69) is 0 Å². The monoisotopic (exact) mass is 347 g/mol. The Kier molecular flexibility index (Phi) is 4.11. The second-order valence-electron chi connectivity index (χ2n) is 5.92. The molecule has 0 amide bonds. The highest BCUT2D eigenvalue weighted by Crippen LogP contribution is 2.33. The highest BCUT2D eigenvalue weighted by atomic mass is 35.5. The van der Waals surface area contributed by atoms with Crippen LogP contribution in [0.2, 0.25) is 5.02 Å². The van der Waals surface area contributed by atoms with Gasteiger partial charge in [-0.1, -0.05) is 29.8 Å². The fourth-order valence-corrected chi connectivity index (χ4v) is 3.19. The summed E-state index contributed by atoms with van der Waals surface area (Å²) in [6.07, 6.45) is 1.10. The first kappa shape index (κ1) is 16.5. The summed E-state index contributed by atoms with van der Waals surface area (Å²) >= 11 is 6.33. The molecule has 0 saturated carbocycles. The average molecular weight is 348 g/mol. The van der Waals surface area contributed by atoms with Gasteiger partial charge in [0.2, 0.25) is 0 Å². The van der Waals surface area contributed by atoms with E-state index in [9.17, 15) is 14.7 Å². The Morgan fingerprint density at radius 1 is 1.17 bits per heavy atom. The van der Waals surface area contributed by atoms with E-state index in [1.807, 2.05) is 18.2 Å². The summed E-state index contributed by atoms with van der Waals surface area (Å²) in [5.41, 5.74) is 1.02. The van der Waals surface area contributed by atoms with Crippen LogP contribution in [-0.2, 0) is 20.6 Å². The van der Waals surface area contributed by atoms with Crippen molar-refractivity contribution in [1.29, 1.82) is 0 Å². The molecule has 3 rings (SSSR count). The molecule has 1 atom stereocenters. The number of aryl methyl sites for hydroxylation is 1. The Morgan fingerprint density at radius 2 is 1.83 bits per heavy atom. The maximum atomic E-state index is 12.7. The van der Waals surface area contributed by atoms with Crippen molar-refractivity contribution in [1.82, 2.24) is 13.7 Å². The van der Waals surface area contributed by atoms with Crippen molar-refractivity contribution in [2.45, 2.75) is 19.6 Å². The van der Waals surface area contributed by atoms with E-state index in [4.69, 9.17) is 11.6 Å². The first-order valence-corrected chi connectivity index (χ1v) is 7.92. The largest absolute Gasteiger partial charge is 0.392 e. The number of nitrogens with zero attached hydrogens (tertiary/aromatic N) is 3. The topological polar surface area (TPSA) is 69.2 Å². The van der Waals surface area contributed by atoms with Crippen molar-refractivity contribution in [2.75, 3.05) is 0 Å². The molecule has 6 nitrogen and oxygen atoms in total. The third kappa shape index (κ3) is 2.48. The van der Waals surface area contributed by atoms with Gasteiger partial charge in [-0.15, -0.1) is 0 Å². The van der Waals surface area contributed by atoms with Crippen LogP contribution in [-0.4, -0.2) is 24.9 Å². The van der Waals surface area contributed by atoms with Crippen LogP contribution >= 0.6 is 11.6 Å². The summed E-state index contributed by atoms with van der Waals surface area (Å²) in [6.45, 7) is 1.95.